The second-order valence-electron chi connectivity index (χ2n) is 9.33. The first-order chi connectivity index (χ1) is 18.4. The van der Waals surface area contributed by atoms with E-state index in [0.29, 0.717) is 17.9 Å². The molecule has 1 aliphatic rings. The molecular formula is C32H23F3N2O. The Bertz CT molecular complexity index is 1700. The molecule has 38 heavy (non-hydrogen) atoms. The number of H-pyrrole nitrogens is 1. The maximum atomic E-state index is 13.3. The van der Waals surface area contributed by atoms with Crippen molar-refractivity contribution in [2.75, 3.05) is 0 Å². The second kappa shape index (κ2) is 9.38. The highest BCUT2D eigenvalue weighted by molar-refractivity contribution is 6.27. The van der Waals surface area contributed by atoms with Crippen molar-refractivity contribution < 1.29 is 17.9 Å². The third-order valence-electron chi connectivity index (χ3n) is 6.72. The van der Waals surface area contributed by atoms with E-state index in [9.17, 15) is 13.2 Å². The summed E-state index contributed by atoms with van der Waals surface area (Å²) < 4.78 is 46.1. The van der Waals surface area contributed by atoms with Gasteiger partial charge in [0.15, 0.2) is 0 Å². The summed E-state index contributed by atoms with van der Waals surface area (Å²) in [5.74, 6) is 0.704. The number of ether oxygens (including phenoxy) is 1. The highest BCUT2D eigenvalue weighted by atomic mass is 19.4. The van der Waals surface area contributed by atoms with Crippen LogP contribution in [0.15, 0.2) is 102 Å². The van der Waals surface area contributed by atoms with Crippen molar-refractivity contribution in [2.24, 2.45) is 4.99 Å². The molecule has 0 fully saturated rings. The summed E-state index contributed by atoms with van der Waals surface area (Å²) in [5.41, 5.74) is 7.34. The van der Waals surface area contributed by atoms with Crippen LogP contribution in [0.3, 0.4) is 0 Å². The van der Waals surface area contributed by atoms with Crippen molar-refractivity contribution in [2.45, 2.75) is 19.7 Å². The summed E-state index contributed by atoms with van der Waals surface area (Å²) in [4.78, 5) is 7.92. The zero-order valence-electron chi connectivity index (χ0n) is 20.5. The predicted octanol–water partition coefficient (Wildman–Crippen LogP) is 8.75. The molecule has 1 aromatic heterocycles. The zero-order valence-corrected chi connectivity index (χ0v) is 20.5. The molecule has 0 atom stereocenters. The number of nitrogens with zero attached hydrogens (tertiary/aromatic N) is 1. The molecule has 0 radical (unpaired) electrons. The number of aromatic nitrogens is 1. The lowest BCUT2D eigenvalue weighted by Crippen LogP contribution is -2.04. The number of aliphatic imine (C=N–C) groups is 1. The summed E-state index contributed by atoms with van der Waals surface area (Å²) in [6.07, 6.45) is -0.713. The molecule has 5 aromatic rings. The Kier molecular flexibility index (Phi) is 5.87. The largest absolute Gasteiger partial charge is 0.489 e. The number of nitrogens with one attached hydrogen (secondary N) is 1. The van der Waals surface area contributed by atoms with Crippen LogP contribution >= 0.6 is 0 Å². The molecule has 0 bridgehead atoms. The molecule has 1 aliphatic heterocycles. The summed E-state index contributed by atoms with van der Waals surface area (Å²) >= 11 is 0. The summed E-state index contributed by atoms with van der Waals surface area (Å²) in [6.45, 7) is 2.44. The normalized spacial score (nSPS) is 14.1. The van der Waals surface area contributed by atoms with Gasteiger partial charge in [-0.05, 0) is 60.5 Å². The lowest BCUT2D eigenvalue weighted by Gasteiger charge is -2.14. The maximum absolute atomic E-state index is 13.3. The average molecular weight is 509 g/mol. The Balaban J connectivity index is 1.49. The van der Waals surface area contributed by atoms with E-state index in [1.807, 2.05) is 73.8 Å². The molecule has 0 spiro atoms. The fraction of sp³-hybridized carbons (Fsp3) is 0.0938. The number of alkyl halides is 3. The number of aryl methyl sites for hydroxylation is 1. The van der Waals surface area contributed by atoms with Crippen LogP contribution in [0.1, 0.15) is 33.4 Å². The van der Waals surface area contributed by atoms with Crippen LogP contribution in [0.25, 0.3) is 22.0 Å². The van der Waals surface area contributed by atoms with Gasteiger partial charge in [-0.25, -0.2) is 0 Å². The van der Waals surface area contributed by atoms with E-state index in [1.54, 1.807) is 6.21 Å². The minimum absolute atomic E-state index is 0.429. The van der Waals surface area contributed by atoms with Crippen LogP contribution in [0.4, 0.5) is 18.9 Å². The van der Waals surface area contributed by atoms with Gasteiger partial charge in [0.05, 0.1) is 11.3 Å². The number of benzene rings is 4. The molecule has 6 rings (SSSR count). The van der Waals surface area contributed by atoms with E-state index >= 15 is 0 Å². The van der Waals surface area contributed by atoms with E-state index < -0.39 is 11.7 Å². The topological polar surface area (TPSA) is 37.4 Å². The van der Waals surface area contributed by atoms with E-state index in [1.165, 1.54) is 12.1 Å². The van der Waals surface area contributed by atoms with Crippen molar-refractivity contribution in [3.63, 3.8) is 0 Å². The predicted molar refractivity (Wildman–Crippen MR) is 146 cm³/mol. The molecule has 0 unspecified atom stereocenters. The Morgan fingerprint density at radius 3 is 2.45 bits per heavy atom. The van der Waals surface area contributed by atoms with Gasteiger partial charge in [-0.15, -0.1) is 0 Å². The summed E-state index contributed by atoms with van der Waals surface area (Å²) in [6, 6.07) is 27.1. The summed E-state index contributed by atoms with van der Waals surface area (Å²) in [5, 5.41) is 0.910. The number of hydrogen-bond acceptors (Lipinski definition) is 2. The third-order valence-corrected chi connectivity index (χ3v) is 6.72. The molecule has 0 saturated carbocycles. The van der Waals surface area contributed by atoms with Crippen LogP contribution in [0.5, 0.6) is 5.75 Å². The summed E-state index contributed by atoms with van der Waals surface area (Å²) in [7, 11) is 0. The Labute approximate surface area is 217 Å². The van der Waals surface area contributed by atoms with Gasteiger partial charge >= 0.3 is 6.18 Å². The third kappa shape index (κ3) is 4.50. The average Bonchev–Trinajstić information content (AvgIpc) is 3.52. The monoisotopic (exact) mass is 508 g/mol. The van der Waals surface area contributed by atoms with Crippen LogP contribution in [-0.2, 0) is 12.8 Å². The van der Waals surface area contributed by atoms with E-state index in [0.717, 1.165) is 62.1 Å². The number of fused-ring (bicyclic) bond motifs is 2. The van der Waals surface area contributed by atoms with Crippen molar-refractivity contribution in [3.8, 4) is 5.75 Å². The van der Waals surface area contributed by atoms with Crippen LogP contribution in [0.2, 0.25) is 0 Å². The fourth-order valence-electron chi connectivity index (χ4n) is 4.80. The molecule has 1 N–H and O–H groups in total. The lowest BCUT2D eigenvalue weighted by atomic mass is 9.89. The van der Waals surface area contributed by atoms with E-state index in [-0.39, 0.29) is 0 Å². The van der Waals surface area contributed by atoms with Crippen LogP contribution < -0.4 is 4.74 Å². The highest BCUT2D eigenvalue weighted by Crippen LogP contribution is 2.42. The van der Waals surface area contributed by atoms with Crippen LogP contribution in [-0.4, -0.2) is 11.2 Å². The van der Waals surface area contributed by atoms with Crippen molar-refractivity contribution >= 4 is 34.0 Å². The Morgan fingerprint density at radius 1 is 0.895 bits per heavy atom. The Hall–Kier alpha value is -4.58. The number of rotatable bonds is 5. The maximum Gasteiger partial charge on any atom is 0.416 e. The van der Waals surface area contributed by atoms with Crippen molar-refractivity contribution in [3.05, 3.63) is 131 Å². The second-order valence-corrected chi connectivity index (χ2v) is 9.33. The Morgan fingerprint density at radius 2 is 1.68 bits per heavy atom. The molecule has 4 aromatic carbocycles. The molecule has 188 valence electrons. The first kappa shape index (κ1) is 23.8. The van der Waals surface area contributed by atoms with E-state index in [2.05, 4.69) is 16.0 Å². The first-order valence-corrected chi connectivity index (χ1v) is 12.2. The molecular weight excluding hydrogens is 485 g/mol. The standard InChI is InChI=1S/C32H23F3N2O/c1-20-7-13-29-25(15-20)27(17-36-29)31(22-8-10-23(11-9-22)32(33,34)35)28-18-37-30-14-12-24(16-26(28)30)38-19-21-5-3-2-4-6-21/h2-18,37H,19H2,1H3. The fourth-order valence-corrected chi connectivity index (χ4v) is 4.80. The molecule has 2 heterocycles. The van der Waals surface area contributed by atoms with Crippen molar-refractivity contribution in [1.29, 1.82) is 0 Å². The minimum Gasteiger partial charge on any atom is -0.489 e. The van der Waals surface area contributed by atoms with Gasteiger partial charge in [0, 0.05) is 45.6 Å². The zero-order chi connectivity index (χ0) is 26.3. The number of halogens is 3. The van der Waals surface area contributed by atoms with Gasteiger partial charge in [-0.2, -0.15) is 13.2 Å². The van der Waals surface area contributed by atoms with Gasteiger partial charge in [0.1, 0.15) is 12.4 Å². The van der Waals surface area contributed by atoms with Gasteiger partial charge in [0.25, 0.3) is 0 Å². The first-order valence-electron chi connectivity index (χ1n) is 12.2. The van der Waals surface area contributed by atoms with Gasteiger partial charge in [0.2, 0.25) is 0 Å². The van der Waals surface area contributed by atoms with Gasteiger partial charge < -0.3 is 9.72 Å². The molecule has 0 aliphatic carbocycles. The van der Waals surface area contributed by atoms with Crippen molar-refractivity contribution in [1.82, 2.24) is 4.98 Å². The van der Waals surface area contributed by atoms with E-state index in [4.69, 9.17) is 4.74 Å². The lowest BCUT2D eigenvalue weighted by molar-refractivity contribution is -0.137. The molecule has 3 nitrogen and oxygen atoms in total. The highest BCUT2D eigenvalue weighted by Gasteiger charge is 2.30. The molecule has 0 saturated heterocycles. The van der Waals surface area contributed by atoms with Gasteiger partial charge in [-0.3, -0.25) is 4.99 Å². The van der Waals surface area contributed by atoms with Crippen LogP contribution in [0, 0.1) is 6.92 Å². The molecule has 0 amide bonds. The smallest absolute Gasteiger partial charge is 0.416 e. The van der Waals surface area contributed by atoms with Gasteiger partial charge in [-0.1, -0.05) is 54.1 Å². The SMILES string of the molecule is Cc1ccc2c(c1)C(=C(c1ccc(C(F)(F)F)cc1)c1c[nH]c3ccc(OCc4ccccc4)cc13)C=N2. The quantitative estimate of drug-likeness (QED) is 0.253. The number of hydrogen-bond donors (Lipinski definition) is 1. The minimum atomic E-state index is -4.41. The number of aromatic amines is 1. The molecule has 6 heteroatoms. The number of allylic oxidation sites excluding steroid dienone is 1.